The SMILES string of the molecule is CCOC(=O)CCn1ccnc1OC(=O)Nc1c2c(cc3c1CCC3)CCC2. The maximum Gasteiger partial charge on any atom is 0.419 e. The van der Waals surface area contributed by atoms with Crippen LogP contribution in [0.4, 0.5) is 10.5 Å². The van der Waals surface area contributed by atoms with Crippen molar-refractivity contribution in [2.45, 2.75) is 58.4 Å². The van der Waals surface area contributed by atoms with Gasteiger partial charge in [-0.25, -0.2) is 9.78 Å². The van der Waals surface area contributed by atoms with Crippen LogP contribution in [-0.4, -0.2) is 28.2 Å². The Morgan fingerprint density at radius 1 is 1.14 bits per heavy atom. The summed E-state index contributed by atoms with van der Waals surface area (Å²) in [4.78, 5) is 28.2. The minimum atomic E-state index is -0.544. The molecule has 1 heterocycles. The van der Waals surface area contributed by atoms with Crippen LogP contribution in [0.25, 0.3) is 0 Å². The van der Waals surface area contributed by atoms with Crippen molar-refractivity contribution in [2.24, 2.45) is 0 Å². The number of nitrogens with zero attached hydrogens (tertiary/aromatic N) is 2. The molecule has 7 heteroatoms. The first-order chi connectivity index (χ1) is 13.7. The Hall–Kier alpha value is -2.83. The van der Waals surface area contributed by atoms with Gasteiger partial charge in [-0.15, -0.1) is 0 Å². The Morgan fingerprint density at radius 3 is 2.54 bits per heavy atom. The lowest BCUT2D eigenvalue weighted by atomic mass is 9.99. The number of hydrogen-bond donors (Lipinski definition) is 1. The number of fused-ring (bicyclic) bond motifs is 2. The lowest BCUT2D eigenvalue weighted by Crippen LogP contribution is -2.21. The molecule has 0 saturated heterocycles. The molecule has 0 saturated carbocycles. The quantitative estimate of drug-likeness (QED) is 0.773. The third-order valence-corrected chi connectivity index (χ3v) is 5.42. The molecule has 0 radical (unpaired) electrons. The molecule has 4 rings (SSSR count). The Morgan fingerprint density at radius 2 is 1.86 bits per heavy atom. The molecule has 0 unspecified atom stereocenters. The molecule has 0 aliphatic heterocycles. The van der Waals surface area contributed by atoms with Crippen LogP contribution in [0.2, 0.25) is 0 Å². The topological polar surface area (TPSA) is 82.5 Å². The maximum absolute atomic E-state index is 12.6. The van der Waals surface area contributed by atoms with E-state index >= 15 is 0 Å². The zero-order valence-corrected chi connectivity index (χ0v) is 16.1. The number of anilines is 1. The van der Waals surface area contributed by atoms with Crippen molar-refractivity contribution in [1.82, 2.24) is 9.55 Å². The molecule has 1 N–H and O–H groups in total. The molecule has 0 fully saturated rings. The van der Waals surface area contributed by atoms with E-state index in [1.807, 2.05) is 0 Å². The maximum atomic E-state index is 12.6. The van der Waals surface area contributed by atoms with Crippen molar-refractivity contribution < 1.29 is 19.1 Å². The van der Waals surface area contributed by atoms with E-state index in [9.17, 15) is 9.59 Å². The molecule has 2 aliphatic rings. The van der Waals surface area contributed by atoms with Gasteiger partial charge in [0.15, 0.2) is 0 Å². The Balaban J connectivity index is 1.45. The summed E-state index contributed by atoms with van der Waals surface area (Å²) in [7, 11) is 0. The number of aromatic nitrogens is 2. The van der Waals surface area contributed by atoms with Gasteiger partial charge in [0.2, 0.25) is 0 Å². The molecular weight excluding hydrogens is 358 g/mol. The largest absolute Gasteiger partial charge is 0.466 e. The summed E-state index contributed by atoms with van der Waals surface area (Å²) in [6.45, 7) is 2.46. The number of rotatable bonds is 6. The number of amides is 1. The van der Waals surface area contributed by atoms with Crippen molar-refractivity contribution in [3.05, 3.63) is 40.7 Å². The van der Waals surface area contributed by atoms with E-state index in [0.29, 0.717) is 13.2 Å². The summed E-state index contributed by atoms with van der Waals surface area (Å²) < 4.78 is 12.0. The lowest BCUT2D eigenvalue weighted by molar-refractivity contribution is -0.143. The zero-order chi connectivity index (χ0) is 19.5. The lowest BCUT2D eigenvalue weighted by Gasteiger charge is -2.16. The number of carbonyl (C=O) groups excluding carboxylic acids is 2. The molecule has 0 bridgehead atoms. The van der Waals surface area contributed by atoms with Crippen molar-refractivity contribution in [3.63, 3.8) is 0 Å². The molecule has 2 aromatic rings. The predicted octanol–water partition coefficient (Wildman–Crippen LogP) is 3.42. The molecule has 1 aromatic carbocycles. The highest BCUT2D eigenvalue weighted by Crippen LogP contribution is 2.38. The molecular formula is C21H25N3O4. The first-order valence-electron chi connectivity index (χ1n) is 9.97. The molecule has 0 spiro atoms. The monoisotopic (exact) mass is 383 g/mol. The smallest absolute Gasteiger partial charge is 0.419 e. The Labute approximate surface area is 164 Å². The van der Waals surface area contributed by atoms with E-state index < -0.39 is 6.09 Å². The second-order valence-corrected chi connectivity index (χ2v) is 7.21. The second-order valence-electron chi connectivity index (χ2n) is 7.21. The number of ether oxygens (including phenoxy) is 2. The average Bonchev–Trinajstić information content (AvgIpc) is 3.40. The van der Waals surface area contributed by atoms with Crippen LogP contribution in [0.5, 0.6) is 6.01 Å². The van der Waals surface area contributed by atoms with Crippen LogP contribution in [0.3, 0.4) is 0 Å². The number of esters is 1. The number of nitrogens with one attached hydrogen (secondary N) is 1. The van der Waals surface area contributed by atoms with Crippen molar-refractivity contribution >= 4 is 17.7 Å². The first kappa shape index (κ1) is 18.5. The molecule has 7 nitrogen and oxygen atoms in total. The summed E-state index contributed by atoms with van der Waals surface area (Å²) in [5.41, 5.74) is 6.16. The number of hydrogen-bond acceptors (Lipinski definition) is 5. The number of carbonyl (C=O) groups is 2. The first-order valence-corrected chi connectivity index (χ1v) is 9.97. The summed E-state index contributed by atoms with van der Waals surface area (Å²) in [5.74, 6) is -0.290. The van der Waals surface area contributed by atoms with Gasteiger partial charge in [-0.2, -0.15) is 0 Å². The summed E-state index contributed by atoms with van der Waals surface area (Å²) in [5, 5.41) is 2.99. The van der Waals surface area contributed by atoms with Crippen LogP contribution in [0, 0.1) is 0 Å². The molecule has 1 aromatic heterocycles. The average molecular weight is 383 g/mol. The minimum Gasteiger partial charge on any atom is -0.466 e. The molecule has 0 atom stereocenters. The van der Waals surface area contributed by atoms with Gasteiger partial charge in [-0.05, 0) is 67.7 Å². The molecule has 1 amide bonds. The predicted molar refractivity (Wildman–Crippen MR) is 104 cm³/mol. The zero-order valence-electron chi connectivity index (χ0n) is 16.1. The van der Waals surface area contributed by atoms with E-state index in [4.69, 9.17) is 9.47 Å². The van der Waals surface area contributed by atoms with Gasteiger partial charge in [-0.3, -0.25) is 10.1 Å². The second kappa shape index (κ2) is 8.04. The van der Waals surface area contributed by atoms with Crippen LogP contribution < -0.4 is 10.1 Å². The Kier molecular flexibility index (Phi) is 5.32. The van der Waals surface area contributed by atoms with Gasteiger partial charge in [0, 0.05) is 18.9 Å². The molecule has 28 heavy (non-hydrogen) atoms. The van der Waals surface area contributed by atoms with Crippen molar-refractivity contribution in [3.8, 4) is 6.01 Å². The van der Waals surface area contributed by atoms with E-state index in [2.05, 4.69) is 16.4 Å². The van der Waals surface area contributed by atoms with E-state index in [0.717, 1.165) is 44.2 Å². The van der Waals surface area contributed by atoms with Crippen LogP contribution >= 0.6 is 0 Å². The highest BCUT2D eigenvalue weighted by atomic mass is 16.6. The third kappa shape index (κ3) is 3.74. The van der Waals surface area contributed by atoms with Crippen LogP contribution in [0.15, 0.2) is 18.5 Å². The summed E-state index contributed by atoms with van der Waals surface area (Å²) in [6.07, 6.45) is 9.26. The molecule has 2 aliphatic carbocycles. The standard InChI is InChI=1S/C21H25N3O4/c1-2-27-18(25)9-11-24-12-10-22-20(24)28-21(26)23-19-16-7-3-5-14(16)13-15-6-4-8-17(15)19/h10,12-13H,2-9,11H2,1H3,(H,23,26). The van der Waals surface area contributed by atoms with E-state index in [-0.39, 0.29) is 18.4 Å². The fraction of sp³-hybridized carbons (Fsp3) is 0.476. The Bertz CT molecular complexity index is 871. The third-order valence-electron chi connectivity index (χ3n) is 5.42. The van der Waals surface area contributed by atoms with Crippen molar-refractivity contribution in [1.29, 1.82) is 0 Å². The fourth-order valence-corrected chi connectivity index (χ4v) is 4.19. The number of imidazole rings is 1. The summed E-state index contributed by atoms with van der Waals surface area (Å²) in [6, 6.07) is 2.49. The van der Waals surface area contributed by atoms with Gasteiger partial charge >= 0.3 is 18.1 Å². The highest BCUT2D eigenvalue weighted by molar-refractivity contribution is 5.89. The van der Waals surface area contributed by atoms with Gasteiger partial charge in [0.05, 0.1) is 18.7 Å². The van der Waals surface area contributed by atoms with E-state index in [1.54, 1.807) is 23.9 Å². The van der Waals surface area contributed by atoms with Gasteiger partial charge < -0.3 is 14.0 Å². The van der Waals surface area contributed by atoms with Crippen molar-refractivity contribution in [2.75, 3.05) is 11.9 Å². The van der Waals surface area contributed by atoms with Gasteiger partial charge in [0.25, 0.3) is 0 Å². The normalized spacial score (nSPS) is 14.5. The highest BCUT2D eigenvalue weighted by Gasteiger charge is 2.25. The van der Waals surface area contributed by atoms with Crippen LogP contribution in [0.1, 0.15) is 48.4 Å². The summed E-state index contributed by atoms with van der Waals surface area (Å²) >= 11 is 0. The van der Waals surface area contributed by atoms with Crippen LogP contribution in [-0.2, 0) is 41.8 Å². The number of benzene rings is 1. The van der Waals surface area contributed by atoms with Gasteiger partial charge in [-0.1, -0.05) is 6.07 Å². The number of aryl methyl sites for hydroxylation is 3. The fourth-order valence-electron chi connectivity index (χ4n) is 4.19. The van der Waals surface area contributed by atoms with Gasteiger partial charge in [0.1, 0.15) is 0 Å². The molecule has 148 valence electrons. The van der Waals surface area contributed by atoms with E-state index in [1.165, 1.54) is 22.3 Å². The minimum absolute atomic E-state index is 0.172.